The molecule has 28 heavy (non-hydrogen) atoms. The molecule has 0 atom stereocenters. The molecule has 1 aromatic carbocycles. The zero-order valence-electron chi connectivity index (χ0n) is 16.3. The number of hydrogen-bond donors (Lipinski definition) is 2. The Kier molecular flexibility index (Phi) is 11.0. The second-order valence-corrected chi connectivity index (χ2v) is 6.08. The van der Waals surface area contributed by atoms with Crippen molar-refractivity contribution >= 4 is 11.9 Å². The van der Waals surface area contributed by atoms with E-state index in [1.807, 2.05) is 19.1 Å². The van der Waals surface area contributed by atoms with Crippen molar-refractivity contribution in [2.75, 3.05) is 26.8 Å². The smallest absolute Gasteiger partial charge is 0.411 e. The van der Waals surface area contributed by atoms with Crippen LogP contribution in [0.2, 0.25) is 0 Å². The predicted molar refractivity (Wildman–Crippen MR) is 101 cm³/mol. The first-order valence-electron chi connectivity index (χ1n) is 9.15. The fraction of sp³-hybridized carbons (Fsp3) is 0.579. The van der Waals surface area contributed by atoms with Gasteiger partial charge in [0.25, 0.3) is 0 Å². The molecular formula is C19H28F3N3O3. The lowest BCUT2D eigenvalue weighted by atomic mass is 10.1. The molecule has 1 rings (SSSR count). The van der Waals surface area contributed by atoms with Gasteiger partial charge in [0, 0.05) is 19.5 Å². The molecule has 0 aliphatic heterocycles. The number of aliphatic imine (C=N–C) groups is 1. The Bertz CT molecular complexity index is 605. The summed E-state index contributed by atoms with van der Waals surface area (Å²) >= 11 is 0. The number of hydrogen-bond acceptors (Lipinski definition) is 4. The number of carbonyl (C=O) groups excluding carboxylic acids is 1. The minimum Gasteiger partial charge on any atom is -0.469 e. The van der Waals surface area contributed by atoms with Crippen LogP contribution < -0.4 is 10.6 Å². The molecule has 1 aromatic rings. The van der Waals surface area contributed by atoms with Crippen molar-refractivity contribution in [3.63, 3.8) is 0 Å². The van der Waals surface area contributed by atoms with Crippen LogP contribution in [0.1, 0.15) is 37.3 Å². The maximum absolute atomic E-state index is 12.1. The molecule has 6 nitrogen and oxygen atoms in total. The van der Waals surface area contributed by atoms with Crippen LogP contribution in [0.15, 0.2) is 29.3 Å². The molecule has 0 unspecified atom stereocenters. The van der Waals surface area contributed by atoms with Gasteiger partial charge < -0.3 is 20.1 Å². The van der Waals surface area contributed by atoms with Crippen LogP contribution in [0.4, 0.5) is 13.2 Å². The van der Waals surface area contributed by atoms with Crippen molar-refractivity contribution < 1.29 is 27.4 Å². The molecular weight excluding hydrogens is 375 g/mol. The van der Waals surface area contributed by atoms with E-state index in [1.165, 1.54) is 7.11 Å². The number of benzene rings is 1. The molecule has 9 heteroatoms. The monoisotopic (exact) mass is 403 g/mol. The van der Waals surface area contributed by atoms with Crippen molar-refractivity contribution in [3.05, 3.63) is 35.4 Å². The van der Waals surface area contributed by atoms with E-state index >= 15 is 0 Å². The van der Waals surface area contributed by atoms with Gasteiger partial charge in [0.15, 0.2) is 5.96 Å². The van der Waals surface area contributed by atoms with E-state index in [1.54, 1.807) is 12.1 Å². The standard InChI is InChI=1S/C19H28F3N3O3/c1-3-23-18(24-11-5-4-6-17(26)27-2)25-12-15-7-9-16(10-8-15)13-28-14-19(20,21)22/h7-10H,3-6,11-14H2,1-2H3,(H2,23,24,25). The fourth-order valence-electron chi connectivity index (χ4n) is 2.24. The SMILES string of the molecule is CCNC(=NCc1ccc(COCC(F)(F)F)cc1)NCCCCC(=O)OC. The number of unbranched alkanes of at least 4 members (excludes halogenated alkanes) is 1. The van der Waals surface area contributed by atoms with Gasteiger partial charge in [-0.05, 0) is 30.9 Å². The van der Waals surface area contributed by atoms with Crippen molar-refractivity contribution in [1.82, 2.24) is 10.6 Å². The number of guanidine groups is 1. The normalized spacial score (nSPS) is 12.0. The van der Waals surface area contributed by atoms with Crippen molar-refractivity contribution in [3.8, 4) is 0 Å². The minimum absolute atomic E-state index is 0.0845. The van der Waals surface area contributed by atoms with Crippen LogP contribution in [-0.2, 0) is 27.4 Å². The minimum atomic E-state index is -4.32. The summed E-state index contributed by atoms with van der Waals surface area (Å²) < 4.78 is 45.5. The molecule has 0 fully saturated rings. The summed E-state index contributed by atoms with van der Waals surface area (Å²) in [7, 11) is 1.37. The lowest BCUT2D eigenvalue weighted by molar-refractivity contribution is -0.176. The Balaban J connectivity index is 2.41. The van der Waals surface area contributed by atoms with E-state index in [-0.39, 0.29) is 12.6 Å². The van der Waals surface area contributed by atoms with Gasteiger partial charge >= 0.3 is 12.1 Å². The molecule has 0 saturated heterocycles. The van der Waals surface area contributed by atoms with E-state index in [0.29, 0.717) is 37.6 Å². The Labute approximate surface area is 163 Å². The van der Waals surface area contributed by atoms with Crippen LogP contribution in [0.3, 0.4) is 0 Å². The maximum atomic E-state index is 12.1. The van der Waals surface area contributed by atoms with E-state index < -0.39 is 12.8 Å². The van der Waals surface area contributed by atoms with E-state index in [4.69, 9.17) is 0 Å². The maximum Gasteiger partial charge on any atom is 0.411 e. The second kappa shape index (κ2) is 13.0. The summed E-state index contributed by atoms with van der Waals surface area (Å²) in [5.41, 5.74) is 1.61. The number of carbonyl (C=O) groups is 1. The first-order chi connectivity index (χ1) is 13.3. The third-order valence-electron chi connectivity index (χ3n) is 3.65. The summed E-state index contributed by atoms with van der Waals surface area (Å²) in [6.07, 6.45) is -2.38. The van der Waals surface area contributed by atoms with Gasteiger partial charge in [0.2, 0.25) is 0 Å². The highest BCUT2D eigenvalue weighted by Gasteiger charge is 2.27. The molecule has 158 valence electrons. The topological polar surface area (TPSA) is 72.0 Å². The third kappa shape index (κ3) is 11.4. The number of halogens is 3. The first-order valence-corrected chi connectivity index (χ1v) is 9.15. The molecule has 0 aliphatic rings. The zero-order valence-corrected chi connectivity index (χ0v) is 16.3. The van der Waals surface area contributed by atoms with Gasteiger partial charge in [-0.15, -0.1) is 0 Å². The Morgan fingerprint density at radius 1 is 1.11 bits per heavy atom. The largest absolute Gasteiger partial charge is 0.469 e. The van der Waals surface area contributed by atoms with Crippen molar-refractivity contribution in [1.29, 1.82) is 0 Å². The molecule has 0 radical (unpaired) electrons. The Hall–Kier alpha value is -2.29. The van der Waals surface area contributed by atoms with Gasteiger partial charge in [0.05, 0.1) is 20.3 Å². The lowest BCUT2D eigenvalue weighted by Crippen LogP contribution is -2.37. The van der Waals surface area contributed by atoms with Gasteiger partial charge in [-0.3, -0.25) is 4.79 Å². The highest BCUT2D eigenvalue weighted by Crippen LogP contribution is 2.16. The van der Waals surface area contributed by atoms with Gasteiger partial charge in [-0.1, -0.05) is 24.3 Å². The number of methoxy groups -OCH3 is 1. The lowest BCUT2D eigenvalue weighted by Gasteiger charge is -2.11. The van der Waals surface area contributed by atoms with Gasteiger partial charge in [0.1, 0.15) is 6.61 Å². The van der Waals surface area contributed by atoms with Crippen LogP contribution in [0.25, 0.3) is 0 Å². The number of nitrogens with zero attached hydrogens (tertiary/aromatic N) is 1. The van der Waals surface area contributed by atoms with Crippen LogP contribution >= 0.6 is 0 Å². The summed E-state index contributed by atoms with van der Waals surface area (Å²) in [6, 6.07) is 7.09. The molecule has 0 amide bonds. The van der Waals surface area contributed by atoms with E-state index in [0.717, 1.165) is 18.4 Å². The molecule has 0 heterocycles. The third-order valence-corrected chi connectivity index (χ3v) is 3.65. The van der Waals surface area contributed by atoms with Gasteiger partial charge in [-0.2, -0.15) is 13.2 Å². The highest BCUT2D eigenvalue weighted by molar-refractivity contribution is 5.79. The Morgan fingerprint density at radius 2 is 1.79 bits per heavy atom. The molecule has 0 saturated carbocycles. The molecule has 0 spiro atoms. The van der Waals surface area contributed by atoms with E-state index in [9.17, 15) is 18.0 Å². The van der Waals surface area contributed by atoms with Crippen molar-refractivity contribution in [2.45, 2.75) is 45.5 Å². The van der Waals surface area contributed by atoms with Crippen LogP contribution in [-0.4, -0.2) is 44.9 Å². The molecule has 2 N–H and O–H groups in total. The summed E-state index contributed by atoms with van der Waals surface area (Å²) in [4.78, 5) is 15.5. The van der Waals surface area contributed by atoms with Crippen LogP contribution in [0, 0.1) is 0 Å². The number of alkyl halides is 3. The quantitative estimate of drug-likeness (QED) is 0.257. The fourth-order valence-corrected chi connectivity index (χ4v) is 2.24. The summed E-state index contributed by atoms with van der Waals surface area (Å²) in [6.45, 7) is 2.45. The molecule has 0 bridgehead atoms. The number of nitrogens with one attached hydrogen (secondary N) is 2. The summed E-state index contributed by atoms with van der Waals surface area (Å²) in [5.74, 6) is 0.450. The molecule has 0 aromatic heterocycles. The second-order valence-electron chi connectivity index (χ2n) is 6.08. The van der Waals surface area contributed by atoms with Crippen LogP contribution in [0.5, 0.6) is 0 Å². The average Bonchev–Trinajstić information content (AvgIpc) is 2.65. The predicted octanol–water partition coefficient (Wildman–Crippen LogP) is 3.16. The number of esters is 1. The van der Waals surface area contributed by atoms with Gasteiger partial charge in [-0.25, -0.2) is 4.99 Å². The highest BCUT2D eigenvalue weighted by atomic mass is 19.4. The van der Waals surface area contributed by atoms with E-state index in [2.05, 4.69) is 25.1 Å². The first kappa shape index (κ1) is 23.7. The average molecular weight is 403 g/mol. The Morgan fingerprint density at radius 3 is 2.39 bits per heavy atom. The number of rotatable bonds is 11. The number of ether oxygens (including phenoxy) is 2. The molecule has 0 aliphatic carbocycles. The van der Waals surface area contributed by atoms with Crippen molar-refractivity contribution in [2.24, 2.45) is 4.99 Å². The summed E-state index contributed by atoms with van der Waals surface area (Å²) in [5, 5.41) is 6.33. The zero-order chi connectivity index (χ0) is 20.8.